The highest BCUT2D eigenvalue weighted by Crippen LogP contribution is 2.20. The van der Waals surface area contributed by atoms with Gasteiger partial charge in [-0.1, -0.05) is 0 Å². The maximum Gasteiger partial charge on any atom is 0.267 e. The van der Waals surface area contributed by atoms with Crippen LogP contribution in [-0.4, -0.2) is 22.3 Å². The number of nitrogens with one attached hydrogen (secondary N) is 1. The summed E-state index contributed by atoms with van der Waals surface area (Å²) in [5.74, 6) is -1.61. The summed E-state index contributed by atoms with van der Waals surface area (Å²) in [5.41, 5.74) is 0.567. The Kier molecular flexibility index (Phi) is 5.78. The van der Waals surface area contributed by atoms with Crippen LogP contribution in [0.1, 0.15) is 6.92 Å². The lowest BCUT2D eigenvalue weighted by Gasteiger charge is -2.09. The van der Waals surface area contributed by atoms with Crippen LogP contribution in [0.4, 0.5) is 14.5 Å². The van der Waals surface area contributed by atoms with E-state index in [0.29, 0.717) is 24.1 Å². The second-order valence-corrected chi connectivity index (χ2v) is 5.84. The second-order valence-electron chi connectivity index (χ2n) is 5.84. The lowest BCUT2D eigenvalue weighted by atomic mass is 10.1. The summed E-state index contributed by atoms with van der Waals surface area (Å²) in [6.07, 6.45) is 0. The number of carbonyl (C=O) groups excluding carboxylic acids is 1. The number of ether oxygens (including phenoxy) is 1. The number of nitrogens with zero attached hydrogens (tertiary/aromatic N) is 2. The predicted octanol–water partition coefficient (Wildman–Crippen LogP) is 3.23. The van der Waals surface area contributed by atoms with Gasteiger partial charge in [0.1, 0.15) is 23.9 Å². The molecule has 0 radical (unpaired) electrons. The number of amides is 1. The van der Waals surface area contributed by atoms with Crippen molar-refractivity contribution < 1.29 is 18.3 Å². The van der Waals surface area contributed by atoms with Crippen molar-refractivity contribution in [2.24, 2.45) is 0 Å². The van der Waals surface area contributed by atoms with Crippen molar-refractivity contribution in [3.63, 3.8) is 0 Å². The number of benzene rings is 2. The molecule has 1 N–H and O–H groups in total. The standard InChI is InChI=1S/C20H17F2N3O3/c1-2-28-15-6-3-13(4-7-15)17-9-10-20(27)25(24-17)12-19(26)23-18-8-5-14(21)11-16(18)22/h3-11H,2,12H2,1H3,(H,23,26). The molecule has 0 saturated heterocycles. The van der Waals surface area contributed by atoms with E-state index < -0.39 is 29.6 Å². The Morgan fingerprint density at radius 1 is 1.11 bits per heavy atom. The number of carbonyl (C=O) groups is 1. The third-order valence-electron chi connectivity index (χ3n) is 3.83. The molecule has 3 rings (SSSR count). The minimum Gasteiger partial charge on any atom is -0.494 e. The number of hydrogen-bond donors (Lipinski definition) is 1. The molecule has 0 aliphatic carbocycles. The third-order valence-corrected chi connectivity index (χ3v) is 3.83. The quantitative estimate of drug-likeness (QED) is 0.707. The lowest BCUT2D eigenvalue weighted by Crippen LogP contribution is -2.29. The van der Waals surface area contributed by atoms with E-state index in [1.807, 2.05) is 6.92 Å². The first kappa shape index (κ1) is 19.2. The molecular weight excluding hydrogens is 368 g/mol. The van der Waals surface area contributed by atoms with E-state index in [4.69, 9.17) is 4.74 Å². The SMILES string of the molecule is CCOc1ccc(-c2ccc(=O)n(CC(=O)Nc3ccc(F)cc3F)n2)cc1. The van der Waals surface area contributed by atoms with Crippen molar-refractivity contribution in [2.75, 3.05) is 11.9 Å². The van der Waals surface area contributed by atoms with Crippen LogP contribution in [0.25, 0.3) is 11.3 Å². The topological polar surface area (TPSA) is 73.2 Å². The van der Waals surface area contributed by atoms with E-state index in [2.05, 4.69) is 10.4 Å². The van der Waals surface area contributed by atoms with Gasteiger partial charge in [0.25, 0.3) is 5.56 Å². The highest BCUT2D eigenvalue weighted by Gasteiger charge is 2.11. The summed E-state index contributed by atoms with van der Waals surface area (Å²) < 4.78 is 33.0. The number of rotatable bonds is 6. The molecule has 8 heteroatoms. The first-order chi connectivity index (χ1) is 13.5. The van der Waals surface area contributed by atoms with Crippen LogP contribution in [-0.2, 0) is 11.3 Å². The average Bonchev–Trinajstić information content (AvgIpc) is 2.67. The maximum atomic E-state index is 13.7. The molecule has 6 nitrogen and oxygen atoms in total. The van der Waals surface area contributed by atoms with Crippen LogP contribution < -0.4 is 15.6 Å². The fourth-order valence-electron chi connectivity index (χ4n) is 2.52. The zero-order chi connectivity index (χ0) is 20.1. The Morgan fingerprint density at radius 3 is 2.54 bits per heavy atom. The summed E-state index contributed by atoms with van der Waals surface area (Å²) in [6.45, 7) is 2.01. The number of aromatic nitrogens is 2. The van der Waals surface area contributed by atoms with Gasteiger partial charge < -0.3 is 10.1 Å². The third kappa shape index (κ3) is 4.59. The minimum atomic E-state index is -0.906. The average molecular weight is 385 g/mol. The molecule has 0 saturated carbocycles. The Bertz CT molecular complexity index is 1050. The van der Waals surface area contributed by atoms with Crippen LogP contribution in [0.5, 0.6) is 5.75 Å². The van der Waals surface area contributed by atoms with Gasteiger partial charge in [-0.2, -0.15) is 5.10 Å². The number of hydrogen-bond acceptors (Lipinski definition) is 4. The molecule has 0 aliphatic heterocycles. The maximum absolute atomic E-state index is 13.7. The van der Waals surface area contributed by atoms with Gasteiger partial charge in [0.05, 0.1) is 18.0 Å². The van der Waals surface area contributed by atoms with Crippen molar-refractivity contribution >= 4 is 11.6 Å². The molecule has 0 atom stereocenters. The van der Waals surface area contributed by atoms with E-state index in [1.54, 1.807) is 30.3 Å². The first-order valence-corrected chi connectivity index (χ1v) is 8.52. The van der Waals surface area contributed by atoms with Crippen molar-refractivity contribution in [1.82, 2.24) is 9.78 Å². The van der Waals surface area contributed by atoms with Gasteiger partial charge in [-0.05, 0) is 49.4 Å². The second kappa shape index (κ2) is 8.43. The zero-order valence-electron chi connectivity index (χ0n) is 15.0. The van der Waals surface area contributed by atoms with Crippen LogP contribution in [0.3, 0.4) is 0 Å². The molecule has 144 valence electrons. The normalized spacial score (nSPS) is 10.5. The molecule has 0 bridgehead atoms. The van der Waals surface area contributed by atoms with Gasteiger partial charge in [-0.15, -0.1) is 0 Å². The van der Waals surface area contributed by atoms with Crippen molar-refractivity contribution in [1.29, 1.82) is 0 Å². The number of anilines is 1. The monoisotopic (exact) mass is 385 g/mol. The summed E-state index contributed by atoms with van der Waals surface area (Å²) >= 11 is 0. The highest BCUT2D eigenvalue weighted by molar-refractivity contribution is 5.90. The smallest absolute Gasteiger partial charge is 0.267 e. The first-order valence-electron chi connectivity index (χ1n) is 8.52. The Balaban J connectivity index is 1.77. The van der Waals surface area contributed by atoms with Crippen LogP contribution >= 0.6 is 0 Å². The summed E-state index contributed by atoms with van der Waals surface area (Å²) in [7, 11) is 0. The van der Waals surface area contributed by atoms with E-state index in [9.17, 15) is 18.4 Å². The summed E-state index contributed by atoms with van der Waals surface area (Å²) in [6, 6.07) is 12.8. The molecule has 0 aliphatic rings. The van der Waals surface area contributed by atoms with Crippen LogP contribution in [0.15, 0.2) is 59.4 Å². The van der Waals surface area contributed by atoms with Gasteiger partial charge in [0, 0.05) is 17.7 Å². The lowest BCUT2D eigenvalue weighted by molar-refractivity contribution is -0.117. The number of halogens is 2. The highest BCUT2D eigenvalue weighted by atomic mass is 19.1. The zero-order valence-corrected chi connectivity index (χ0v) is 15.0. The molecule has 0 unspecified atom stereocenters. The van der Waals surface area contributed by atoms with E-state index >= 15 is 0 Å². The van der Waals surface area contributed by atoms with Crippen molar-refractivity contribution in [3.8, 4) is 17.0 Å². The molecule has 1 amide bonds. The van der Waals surface area contributed by atoms with E-state index in [-0.39, 0.29) is 5.69 Å². The van der Waals surface area contributed by atoms with Gasteiger partial charge in [0.15, 0.2) is 0 Å². The van der Waals surface area contributed by atoms with Gasteiger partial charge in [0.2, 0.25) is 5.91 Å². The van der Waals surface area contributed by atoms with Gasteiger partial charge >= 0.3 is 0 Å². The Hall–Kier alpha value is -3.55. The molecule has 3 aromatic rings. The molecule has 28 heavy (non-hydrogen) atoms. The molecule has 1 aromatic heterocycles. The van der Waals surface area contributed by atoms with Crippen molar-refractivity contribution in [3.05, 3.63) is 76.6 Å². The van der Waals surface area contributed by atoms with Gasteiger partial charge in [-0.25, -0.2) is 13.5 Å². The molecule has 0 spiro atoms. The molecule has 0 fully saturated rings. The summed E-state index contributed by atoms with van der Waals surface area (Å²) in [4.78, 5) is 24.2. The van der Waals surface area contributed by atoms with Gasteiger partial charge in [-0.3, -0.25) is 9.59 Å². The molecular formula is C20H17F2N3O3. The fourth-order valence-corrected chi connectivity index (χ4v) is 2.52. The minimum absolute atomic E-state index is 0.179. The molecule has 1 heterocycles. The van der Waals surface area contributed by atoms with Crippen molar-refractivity contribution in [2.45, 2.75) is 13.5 Å². The Labute approximate surface area is 159 Å². The van der Waals surface area contributed by atoms with E-state index in [1.165, 1.54) is 6.07 Å². The van der Waals surface area contributed by atoms with Crippen LogP contribution in [0, 0.1) is 11.6 Å². The Morgan fingerprint density at radius 2 is 1.86 bits per heavy atom. The van der Waals surface area contributed by atoms with E-state index in [0.717, 1.165) is 22.4 Å². The largest absolute Gasteiger partial charge is 0.494 e. The molecule has 2 aromatic carbocycles. The fraction of sp³-hybridized carbons (Fsp3) is 0.150. The predicted molar refractivity (Wildman–Crippen MR) is 100 cm³/mol. The van der Waals surface area contributed by atoms with Crippen LogP contribution in [0.2, 0.25) is 0 Å². The summed E-state index contributed by atoms with van der Waals surface area (Å²) in [5, 5.41) is 6.48.